The Morgan fingerprint density at radius 1 is 1.15 bits per heavy atom. The van der Waals surface area contributed by atoms with Gasteiger partial charge < -0.3 is 5.32 Å². The molecular formula is C20H27N3O3S. The summed E-state index contributed by atoms with van der Waals surface area (Å²) in [5.74, 6) is -0.324. The molecule has 1 N–H and O–H groups in total. The lowest BCUT2D eigenvalue weighted by atomic mass is 10.0. The van der Waals surface area contributed by atoms with E-state index in [9.17, 15) is 13.2 Å². The van der Waals surface area contributed by atoms with Crippen LogP contribution in [0, 0.1) is 0 Å². The van der Waals surface area contributed by atoms with Gasteiger partial charge in [-0.2, -0.15) is 4.31 Å². The van der Waals surface area contributed by atoms with E-state index in [4.69, 9.17) is 0 Å². The number of carbonyl (C=O) groups is 1. The number of sulfonamides is 1. The molecule has 1 aromatic heterocycles. The van der Waals surface area contributed by atoms with Gasteiger partial charge in [-0.3, -0.25) is 9.78 Å². The van der Waals surface area contributed by atoms with Gasteiger partial charge in [0.1, 0.15) is 4.90 Å². The van der Waals surface area contributed by atoms with Crippen molar-refractivity contribution in [2.45, 2.75) is 43.5 Å². The second kappa shape index (κ2) is 10.2. The fourth-order valence-electron chi connectivity index (χ4n) is 2.81. The SMILES string of the molecule is CCCCCC(NC(=O)CN(C)S(=O)(=O)c1cccnc1)c1ccccc1. The van der Waals surface area contributed by atoms with E-state index in [1.807, 2.05) is 30.3 Å². The van der Waals surface area contributed by atoms with E-state index in [1.54, 1.807) is 6.07 Å². The smallest absolute Gasteiger partial charge is 0.244 e. The number of rotatable bonds is 10. The Hall–Kier alpha value is -2.25. The largest absolute Gasteiger partial charge is 0.348 e. The third-order valence-corrected chi connectivity index (χ3v) is 6.13. The lowest BCUT2D eigenvalue weighted by Gasteiger charge is -2.22. The zero-order chi connectivity index (χ0) is 19.7. The van der Waals surface area contributed by atoms with Crippen molar-refractivity contribution in [2.75, 3.05) is 13.6 Å². The molecule has 27 heavy (non-hydrogen) atoms. The monoisotopic (exact) mass is 389 g/mol. The molecule has 0 radical (unpaired) electrons. The first-order chi connectivity index (χ1) is 12.9. The van der Waals surface area contributed by atoms with Crippen LogP contribution in [0.3, 0.4) is 0 Å². The third-order valence-electron chi connectivity index (χ3n) is 4.34. The van der Waals surface area contributed by atoms with Gasteiger partial charge in [0, 0.05) is 19.4 Å². The van der Waals surface area contributed by atoms with Crippen molar-refractivity contribution in [2.24, 2.45) is 0 Å². The molecule has 0 aliphatic rings. The molecule has 0 aliphatic carbocycles. The number of benzene rings is 1. The van der Waals surface area contributed by atoms with Crippen LogP contribution in [0.1, 0.15) is 44.2 Å². The molecule has 0 fully saturated rings. The molecule has 146 valence electrons. The number of nitrogens with zero attached hydrogens (tertiary/aromatic N) is 2. The van der Waals surface area contributed by atoms with Gasteiger partial charge in [0.25, 0.3) is 0 Å². The molecule has 2 rings (SSSR count). The molecule has 2 aromatic rings. The van der Waals surface area contributed by atoms with Gasteiger partial charge >= 0.3 is 0 Å². The summed E-state index contributed by atoms with van der Waals surface area (Å²) in [7, 11) is -2.35. The van der Waals surface area contributed by atoms with Crippen LogP contribution < -0.4 is 5.32 Å². The molecule has 1 amide bonds. The Labute approximate surface area is 161 Å². The van der Waals surface area contributed by atoms with Gasteiger partial charge in [-0.15, -0.1) is 0 Å². The van der Waals surface area contributed by atoms with E-state index in [0.29, 0.717) is 0 Å². The van der Waals surface area contributed by atoms with Crippen LogP contribution in [0.5, 0.6) is 0 Å². The van der Waals surface area contributed by atoms with E-state index >= 15 is 0 Å². The average molecular weight is 390 g/mol. The molecule has 0 saturated heterocycles. The number of nitrogens with one attached hydrogen (secondary N) is 1. The van der Waals surface area contributed by atoms with E-state index < -0.39 is 10.0 Å². The highest BCUT2D eigenvalue weighted by molar-refractivity contribution is 7.89. The van der Waals surface area contributed by atoms with Gasteiger partial charge in [0.05, 0.1) is 12.6 Å². The first-order valence-electron chi connectivity index (χ1n) is 9.15. The van der Waals surface area contributed by atoms with Crippen LogP contribution in [0.15, 0.2) is 59.8 Å². The first-order valence-corrected chi connectivity index (χ1v) is 10.6. The first kappa shape index (κ1) is 21.1. The Kier molecular flexibility index (Phi) is 7.94. The van der Waals surface area contributed by atoms with Crippen molar-refractivity contribution < 1.29 is 13.2 Å². The summed E-state index contributed by atoms with van der Waals surface area (Å²) in [6.07, 6.45) is 6.80. The summed E-state index contributed by atoms with van der Waals surface area (Å²) in [5, 5.41) is 2.99. The van der Waals surface area contributed by atoms with Crippen molar-refractivity contribution in [3.05, 3.63) is 60.4 Å². The van der Waals surface area contributed by atoms with E-state index in [-0.39, 0.29) is 23.4 Å². The maximum atomic E-state index is 12.5. The van der Waals surface area contributed by atoms with Gasteiger partial charge in [0.2, 0.25) is 15.9 Å². The molecule has 7 heteroatoms. The van der Waals surface area contributed by atoms with Gasteiger partial charge in [0.15, 0.2) is 0 Å². The standard InChI is InChI=1S/C20H27N3O3S/c1-3-4-6-13-19(17-10-7-5-8-11-17)22-20(24)16-23(2)27(25,26)18-12-9-14-21-15-18/h5,7-12,14-15,19H,3-4,6,13,16H2,1-2H3,(H,22,24). The number of likely N-dealkylation sites (N-methyl/N-ethyl adjacent to an activating group) is 1. The van der Waals surface area contributed by atoms with Gasteiger partial charge in [-0.25, -0.2) is 8.42 Å². The van der Waals surface area contributed by atoms with E-state index in [1.165, 1.54) is 25.5 Å². The highest BCUT2D eigenvalue weighted by Gasteiger charge is 2.24. The highest BCUT2D eigenvalue weighted by Crippen LogP contribution is 2.20. The zero-order valence-corrected chi connectivity index (χ0v) is 16.7. The zero-order valence-electron chi connectivity index (χ0n) is 15.8. The number of hydrogen-bond acceptors (Lipinski definition) is 4. The second-order valence-corrected chi connectivity index (χ2v) is 8.52. The van der Waals surface area contributed by atoms with Crippen LogP contribution in [0.4, 0.5) is 0 Å². The molecule has 0 spiro atoms. The summed E-state index contributed by atoms with van der Waals surface area (Å²) in [6, 6.07) is 12.7. The summed E-state index contributed by atoms with van der Waals surface area (Å²) in [4.78, 5) is 16.4. The molecule has 0 saturated carbocycles. The number of unbranched alkanes of at least 4 members (excludes halogenated alkanes) is 2. The molecule has 0 bridgehead atoms. The van der Waals surface area contributed by atoms with E-state index in [0.717, 1.165) is 35.6 Å². The molecule has 0 aliphatic heterocycles. The fourth-order valence-corrected chi connectivity index (χ4v) is 3.90. The Morgan fingerprint density at radius 2 is 1.89 bits per heavy atom. The third kappa shape index (κ3) is 6.15. The maximum Gasteiger partial charge on any atom is 0.244 e. The van der Waals surface area contributed by atoms with Crippen LogP contribution in [-0.4, -0.2) is 37.2 Å². The van der Waals surface area contributed by atoms with Crippen molar-refractivity contribution in [3.63, 3.8) is 0 Å². The summed E-state index contributed by atoms with van der Waals surface area (Å²) >= 11 is 0. The number of amides is 1. The average Bonchev–Trinajstić information content (AvgIpc) is 2.68. The van der Waals surface area contributed by atoms with Crippen LogP contribution in [0.2, 0.25) is 0 Å². The highest BCUT2D eigenvalue weighted by atomic mass is 32.2. The fraction of sp³-hybridized carbons (Fsp3) is 0.400. The Bertz CT molecular complexity index is 811. The van der Waals surface area contributed by atoms with E-state index in [2.05, 4.69) is 17.2 Å². The second-order valence-electron chi connectivity index (χ2n) is 6.48. The van der Waals surface area contributed by atoms with Crippen molar-refractivity contribution >= 4 is 15.9 Å². The van der Waals surface area contributed by atoms with Crippen molar-refractivity contribution in [1.82, 2.24) is 14.6 Å². The summed E-state index contributed by atoms with van der Waals surface area (Å²) in [6.45, 7) is 1.89. The number of hydrogen-bond donors (Lipinski definition) is 1. The molecule has 1 atom stereocenters. The minimum Gasteiger partial charge on any atom is -0.348 e. The van der Waals surface area contributed by atoms with Gasteiger partial charge in [-0.05, 0) is 24.1 Å². The van der Waals surface area contributed by atoms with Crippen LogP contribution in [0.25, 0.3) is 0 Å². The molecule has 1 aromatic carbocycles. The maximum absolute atomic E-state index is 12.5. The lowest BCUT2D eigenvalue weighted by molar-refractivity contribution is -0.121. The lowest BCUT2D eigenvalue weighted by Crippen LogP contribution is -2.39. The predicted molar refractivity (Wildman–Crippen MR) is 106 cm³/mol. The number of carbonyl (C=O) groups excluding carboxylic acids is 1. The molecule has 1 heterocycles. The quantitative estimate of drug-likeness (QED) is 0.633. The minimum absolute atomic E-state index is 0.0721. The normalized spacial score (nSPS) is 12.7. The predicted octanol–water partition coefficient (Wildman–Crippen LogP) is 3.14. The van der Waals surface area contributed by atoms with Gasteiger partial charge in [-0.1, -0.05) is 56.5 Å². The molecule has 1 unspecified atom stereocenters. The van der Waals surface area contributed by atoms with Crippen LogP contribution in [-0.2, 0) is 14.8 Å². The molecule has 6 nitrogen and oxygen atoms in total. The van der Waals surface area contributed by atoms with Crippen LogP contribution >= 0.6 is 0 Å². The summed E-state index contributed by atoms with van der Waals surface area (Å²) in [5.41, 5.74) is 1.03. The Balaban J connectivity index is 2.04. The number of aromatic nitrogens is 1. The topological polar surface area (TPSA) is 79.4 Å². The Morgan fingerprint density at radius 3 is 2.52 bits per heavy atom. The minimum atomic E-state index is -3.75. The molecular weight excluding hydrogens is 362 g/mol. The van der Waals surface area contributed by atoms with Crippen molar-refractivity contribution in [1.29, 1.82) is 0 Å². The summed E-state index contributed by atoms with van der Waals surface area (Å²) < 4.78 is 26.1. The van der Waals surface area contributed by atoms with Crippen molar-refractivity contribution in [3.8, 4) is 0 Å². The number of pyridine rings is 1.